The third kappa shape index (κ3) is 5.27. The number of nitrogens with one attached hydrogen (secondary N) is 2. The van der Waals surface area contributed by atoms with Gasteiger partial charge in [0, 0.05) is 18.9 Å². The van der Waals surface area contributed by atoms with E-state index in [1.807, 2.05) is 30.3 Å². The number of halogens is 2. The minimum Gasteiger partial charge on any atom is -0.396 e. The van der Waals surface area contributed by atoms with Crippen LogP contribution in [0.2, 0.25) is 0 Å². The van der Waals surface area contributed by atoms with E-state index in [-0.39, 0.29) is 23.2 Å². The summed E-state index contributed by atoms with van der Waals surface area (Å²) in [6.07, 6.45) is 1.61. The predicted octanol–water partition coefficient (Wildman–Crippen LogP) is 3.70. The molecule has 0 amide bonds. The van der Waals surface area contributed by atoms with Crippen molar-refractivity contribution >= 4 is 21.5 Å². The van der Waals surface area contributed by atoms with Crippen LogP contribution in [0.1, 0.15) is 18.0 Å². The van der Waals surface area contributed by atoms with Crippen LogP contribution in [0.5, 0.6) is 0 Å². The summed E-state index contributed by atoms with van der Waals surface area (Å²) < 4.78 is 53.3. The Bertz CT molecular complexity index is 1060. The first-order chi connectivity index (χ1) is 13.9. The van der Waals surface area contributed by atoms with Crippen molar-refractivity contribution in [2.75, 3.05) is 16.6 Å². The largest absolute Gasteiger partial charge is 0.396 e. The van der Waals surface area contributed by atoms with Crippen molar-refractivity contribution in [2.24, 2.45) is 0 Å². The van der Waals surface area contributed by atoms with Crippen LogP contribution in [0.25, 0.3) is 0 Å². The number of rotatable bonds is 8. The third-order valence-corrected chi connectivity index (χ3v) is 5.53. The lowest BCUT2D eigenvalue weighted by Crippen LogP contribution is -2.15. The highest BCUT2D eigenvalue weighted by molar-refractivity contribution is 7.92. The van der Waals surface area contributed by atoms with Gasteiger partial charge in [0.25, 0.3) is 10.0 Å². The van der Waals surface area contributed by atoms with Crippen LogP contribution in [0.15, 0.2) is 71.8 Å². The van der Waals surface area contributed by atoms with E-state index in [0.717, 1.165) is 30.0 Å². The molecule has 1 aromatic heterocycles. The third-order valence-electron chi connectivity index (χ3n) is 4.16. The van der Waals surface area contributed by atoms with Gasteiger partial charge in [-0.2, -0.15) is 0 Å². The van der Waals surface area contributed by atoms with Crippen LogP contribution < -0.4 is 10.0 Å². The zero-order chi connectivity index (χ0) is 20.9. The van der Waals surface area contributed by atoms with Gasteiger partial charge in [-0.1, -0.05) is 30.3 Å². The molecular weight excluding hydrogens is 400 g/mol. The average molecular weight is 419 g/mol. The lowest BCUT2D eigenvalue weighted by molar-refractivity contribution is 0.280. The van der Waals surface area contributed by atoms with Gasteiger partial charge < -0.3 is 10.4 Å². The summed E-state index contributed by atoms with van der Waals surface area (Å²) in [6, 6.07) is 14.8. The molecule has 0 aliphatic carbocycles. The molecule has 3 rings (SSSR count). The van der Waals surface area contributed by atoms with Crippen molar-refractivity contribution in [3.63, 3.8) is 0 Å². The van der Waals surface area contributed by atoms with E-state index in [2.05, 4.69) is 15.0 Å². The highest BCUT2D eigenvalue weighted by Gasteiger charge is 2.17. The highest BCUT2D eigenvalue weighted by atomic mass is 32.2. The van der Waals surface area contributed by atoms with E-state index in [4.69, 9.17) is 0 Å². The summed E-state index contributed by atoms with van der Waals surface area (Å²) in [6.45, 7) is -0.0306. The van der Waals surface area contributed by atoms with Crippen LogP contribution in [-0.2, 0) is 10.0 Å². The molecule has 0 aliphatic rings. The van der Waals surface area contributed by atoms with Gasteiger partial charge in [-0.05, 0) is 36.2 Å². The first kappa shape index (κ1) is 20.7. The Balaban J connectivity index is 1.75. The topological polar surface area (TPSA) is 91.3 Å². The molecule has 3 aromatic rings. The molecule has 152 valence electrons. The fraction of sp³-hybridized carbons (Fsp3) is 0.150. The SMILES string of the molecule is O=S(=O)(Nc1ccc(F)c(F)c1)c1ccc(N[C@H](CCO)c2ccccc2)nc1. The number of nitrogens with zero attached hydrogens (tertiary/aromatic N) is 1. The lowest BCUT2D eigenvalue weighted by atomic mass is 10.0. The smallest absolute Gasteiger partial charge is 0.263 e. The lowest BCUT2D eigenvalue weighted by Gasteiger charge is -2.19. The van der Waals surface area contributed by atoms with Gasteiger partial charge in [0.2, 0.25) is 0 Å². The summed E-state index contributed by atoms with van der Waals surface area (Å²) in [5, 5.41) is 12.5. The van der Waals surface area contributed by atoms with Gasteiger partial charge in [0.05, 0.1) is 11.7 Å². The van der Waals surface area contributed by atoms with Crippen LogP contribution in [-0.4, -0.2) is 25.1 Å². The Hall–Kier alpha value is -3.04. The summed E-state index contributed by atoms with van der Waals surface area (Å²) in [5.41, 5.74) is 0.859. The standard InChI is InChI=1S/C20H19F2N3O3S/c21-17-8-6-15(12-18(17)22)25-29(27,28)16-7-9-20(23-13-16)24-19(10-11-26)14-4-2-1-3-5-14/h1-9,12-13,19,25-26H,10-11H2,(H,23,24)/t19-/m1/s1. The summed E-state index contributed by atoms with van der Waals surface area (Å²) in [7, 11) is -4.02. The van der Waals surface area contributed by atoms with E-state index < -0.39 is 21.7 Å². The average Bonchev–Trinajstić information content (AvgIpc) is 2.71. The maximum atomic E-state index is 13.3. The zero-order valence-electron chi connectivity index (χ0n) is 15.2. The van der Waals surface area contributed by atoms with Crippen molar-refractivity contribution < 1.29 is 22.3 Å². The van der Waals surface area contributed by atoms with Gasteiger partial charge >= 0.3 is 0 Å². The minimum absolute atomic E-state index is 0.0306. The van der Waals surface area contributed by atoms with E-state index in [1.165, 1.54) is 12.1 Å². The highest BCUT2D eigenvalue weighted by Crippen LogP contribution is 2.23. The fourth-order valence-corrected chi connectivity index (χ4v) is 3.71. The van der Waals surface area contributed by atoms with Crippen molar-refractivity contribution in [2.45, 2.75) is 17.4 Å². The normalized spacial score (nSPS) is 12.4. The van der Waals surface area contributed by atoms with Gasteiger partial charge in [0.15, 0.2) is 11.6 Å². The van der Waals surface area contributed by atoms with E-state index in [0.29, 0.717) is 12.2 Å². The summed E-state index contributed by atoms with van der Waals surface area (Å²) in [4.78, 5) is 3.99. The first-order valence-corrected chi connectivity index (χ1v) is 10.2. The molecule has 0 saturated carbocycles. The van der Waals surface area contributed by atoms with E-state index in [9.17, 15) is 22.3 Å². The molecule has 1 heterocycles. The molecule has 6 nitrogen and oxygen atoms in total. The number of hydrogen-bond donors (Lipinski definition) is 3. The van der Waals surface area contributed by atoms with Gasteiger partial charge in [-0.25, -0.2) is 22.2 Å². The van der Waals surface area contributed by atoms with Gasteiger partial charge in [-0.3, -0.25) is 4.72 Å². The number of hydrogen-bond acceptors (Lipinski definition) is 5. The Labute approximate surface area is 167 Å². The van der Waals surface area contributed by atoms with Crippen molar-refractivity contribution in [1.82, 2.24) is 4.98 Å². The molecular formula is C20H19F2N3O3S. The molecule has 0 fully saturated rings. The van der Waals surface area contributed by atoms with Crippen molar-refractivity contribution in [1.29, 1.82) is 0 Å². The van der Waals surface area contributed by atoms with Gasteiger partial charge in [0.1, 0.15) is 10.7 Å². The van der Waals surface area contributed by atoms with Crippen LogP contribution in [0.4, 0.5) is 20.3 Å². The number of aromatic nitrogens is 1. The van der Waals surface area contributed by atoms with Crippen molar-refractivity contribution in [3.8, 4) is 0 Å². The van der Waals surface area contributed by atoms with Gasteiger partial charge in [-0.15, -0.1) is 0 Å². The molecule has 0 saturated heterocycles. The molecule has 0 spiro atoms. The minimum atomic E-state index is -4.02. The molecule has 0 unspecified atom stereocenters. The van der Waals surface area contributed by atoms with E-state index >= 15 is 0 Å². The zero-order valence-corrected chi connectivity index (χ0v) is 16.0. The molecule has 2 aromatic carbocycles. The molecule has 3 N–H and O–H groups in total. The molecule has 0 radical (unpaired) electrons. The molecule has 0 bridgehead atoms. The Morgan fingerprint density at radius 3 is 2.38 bits per heavy atom. The van der Waals surface area contributed by atoms with E-state index in [1.54, 1.807) is 0 Å². The maximum Gasteiger partial charge on any atom is 0.263 e. The monoisotopic (exact) mass is 419 g/mol. The summed E-state index contributed by atoms with van der Waals surface area (Å²) >= 11 is 0. The number of pyridine rings is 1. The second-order valence-corrected chi connectivity index (χ2v) is 7.92. The Kier molecular flexibility index (Phi) is 6.40. The number of anilines is 2. The molecule has 9 heteroatoms. The number of benzene rings is 2. The number of sulfonamides is 1. The Morgan fingerprint density at radius 1 is 1.00 bits per heavy atom. The summed E-state index contributed by atoms with van der Waals surface area (Å²) in [5.74, 6) is -1.79. The van der Waals surface area contributed by atoms with Crippen molar-refractivity contribution in [3.05, 3.63) is 84.1 Å². The van der Waals surface area contributed by atoms with Crippen LogP contribution in [0.3, 0.4) is 0 Å². The first-order valence-electron chi connectivity index (χ1n) is 8.75. The fourth-order valence-electron chi connectivity index (χ4n) is 2.71. The second kappa shape index (κ2) is 8.97. The predicted molar refractivity (Wildman–Crippen MR) is 106 cm³/mol. The quantitative estimate of drug-likeness (QED) is 0.518. The maximum absolute atomic E-state index is 13.3. The number of aliphatic hydroxyl groups is 1. The number of aliphatic hydroxyl groups excluding tert-OH is 1. The molecule has 29 heavy (non-hydrogen) atoms. The van der Waals surface area contributed by atoms with Crippen LogP contribution in [0, 0.1) is 11.6 Å². The molecule has 0 aliphatic heterocycles. The van der Waals surface area contributed by atoms with Crippen LogP contribution >= 0.6 is 0 Å². The second-order valence-electron chi connectivity index (χ2n) is 6.23. The Morgan fingerprint density at radius 2 is 1.76 bits per heavy atom. The molecule has 1 atom stereocenters.